The number of amides is 1. The van der Waals surface area contributed by atoms with Crippen molar-refractivity contribution in [2.75, 3.05) is 5.32 Å². The van der Waals surface area contributed by atoms with Gasteiger partial charge in [-0.1, -0.05) is 18.5 Å². The molecule has 0 spiro atoms. The lowest BCUT2D eigenvalue weighted by atomic mass is 9.88. The van der Waals surface area contributed by atoms with Gasteiger partial charge in [0.05, 0.1) is 22.9 Å². The number of nitro groups is 1. The van der Waals surface area contributed by atoms with Gasteiger partial charge in [0.1, 0.15) is 11.1 Å². The number of nitrogens with zero attached hydrogens (tertiary/aromatic N) is 4. The number of rotatable bonds is 6. The van der Waals surface area contributed by atoms with E-state index in [1.165, 1.54) is 20.9 Å². The number of carbonyl (C=O) groups excluding carboxylic acids is 1. The maximum atomic E-state index is 12.3. The third-order valence-corrected chi connectivity index (χ3v) is 6.55. The van der Waals surface area contributed by atoms with Gasteiger partial charge in [-0.2, -0.15) is 9.94 Å². The summed E-state index contributed by atoms with van der Waals surface area (Å²) in [6.45, 7) is 4.19. The van der Waals surface area contributed by atoms with Crippen molar-refractivity contribution in [1.29, 1.82) is 5.26 Å². The monoisotopic (exact) mass is 421 g/mol. The van der Waals surface area contributed by atoms with Crippen molar-refractivity contribution >= 4 is 39.7 Å². The number of aryl methyl sites for hydroxylation is 1. The second kappa shape index (κ2) is 8.29. The van der Waals surface area contributed by atoms with E-state index >= 15 is 0 Å². The summed E-state index contributed by atoms with van der Waals surface area (Å²) in [6, 6.07) is 2.24. The molecule has 0 aliphatic heterocycles. The highest BCUT2D eigenvalue weighted by Crippen LogP contribution is 2.39. The van der Waals surface area contributed by atoms with Gasteiger partial charge in [-0.3, -0.25) is 4.79 Å². The fraction of sp³-hybridized carbons (Fsp3) is 0.500. The lowest BCUT2D eigenvalue weighted by molar-refractivity contribution is -0.389. The van der Waals surface area contributed by atoms with Crippen LogP contribution in [0.2, 0.25) is 5.02 Å². The van der Waals surface area contributed by atoms with Gasteiger partial charge in [-0.15, -0.1) is 11.3 Å². The molecule has 10 heteroatoms. The molecule has 0 unspecified atom stereocenters. The molecule has 1 aliphatic rings. The Hall–Kier alpha value is -2.44. The van der Waals surface area contributed by atoms with E-state index in [4.69, 9.17) is 11.6 Å². The first-order valence-electron chi connectivity index (χ1n) is 9.03. The standard InChI is InChI=1S/C18H20ClN5O3S/c1-10-5-6-12-13(9-20)18(28-14(12)8-10)21-15(25)4-3-7-23-11(2)16(19)17(22-23)24(26)27/h10H,3-8H2,1-2H3,(H,21,25)/t10-/m0/s1. The molecule has 28 heavy (non-hydrogen) atoms. The number of halogens is 1. The van der Waals surface area contributed by atoms with Crippen molar-refractivity contribution in [1.82, 2.24) is 9.78 Å². The molecule has 3 rings (SSSR count). The van der Waals surface area contributed by atoms with Crippen LogP contribution in [-0.4, -0.2) is 20.6 Å². The van der Waals surface area contributed by atoms with E-state index < -0.39 is 4.92 Å². The highest BCUT2D eigenvalue weighted by molar-refractivity contribution is 7.16. The van der Waals surface area contributed by atoms with Crippen molar-refractivity contribution < 1.29 is 9.72 Å². The summed E-state index contributed by atoms with van der Waals surface area (Å²) in [7, 11) is 0. The minimum Gasteiger partial charge on any atom is -0.358 e. The minimum atomic E-state index is -0.624. The topological polar surface area (TPSA) is 114 Å². The Morgan fingerprint density at radius 3 is 2.96 bits per heavy atom. The van der Waals surface area contributed by atoms with Crippen LogP contribution in [0, 0.1) is 34.3 Å². The molecule has 148 valence electrons. The van der Waals surface area contributed by atoms with Crippen LogP contribution in [0.15, 0.2) is 0 Å². The summed E-state index contributed by atoms with van der Waals surface area (Å²) in [4.78, 5) is 23.8. The lowest BCUT2D eigenvalue weighted by Gasteiger charge is -2.17. The molecular weight excluding hydrogens is 402 g/mol. The summed E-state index contributed by atoms with van der Waals surface area (Å²) in [5, 5.41) is 27.8. The number of anilines is 1. The first kappa shape index (κ1) is 20.3. The van der Waals surface area contributed by atoms with Crippen LogP contribution in [0.25, 0.3) is 0 Å². The Labute approximate surface area is 171 Å². The summed E-state index contributed by atoms with van der Waals surface area (Å²) in [5.74, 6) is 0.0312. The van der Waals surface area contributed by atoms with Gasteiger partial charge in [0, 0.05) is 11.3 Å². The fourth-order valence-corrected chi connectivity index (χ4v) is 4.96. The summed E-state index contributed by atoms with van der Waals surface area (Å²) in [5.41, 5.74) is 2.17. The fourth-order valence-electron chi connectivity index (χ4n) is 3.38. The van der Waals surface area contributed by atoms with Crippen molar-refractivity contribution in [2.24, 2.45) is 5.92 Å². The molecule has 0 bridgehead atoms. The van der Waals surface area contributed by atoms with Crippen LogP contribution < -0.4 is 5.32 Å². The van der Waals surface area contributed by atoms with Gasteiger partial charge in [-0.25, -0.2) is 0 Å². The quantitative estimate of drug-likeness (QED) is 0.553. The number of hydrogen-bond donors (Lipinski definition) is 1. The molecule has 0 radical (unpaired) electrons. The second-order valence-corrected chi connectivity index (χ2v) is 8.51. The second-order valence-electron chi connectivity index (χ2n) is 7.02. The molecule has 1 N–H and O–H groups in total. The average molecular weight is 422 g/mol. The SMILES string of the molecule is Cc1c(Cl)c([N+](=O)[O-])nn1CCCC(=O)Nc1sc2c(c1C#N)CC[C@H](C)C2. The number of fused-ring (bicyclic) bond motifs is 1. The van der Waals surface area contributed by atoms with E-state index in [0.717, 1.165) is 24.8 Å². The Kier molecular flexibility index (Phi) is 6.01. The Morgan fingerprint density at radius 1 is 1.57 bits per heavy atom. The molecule has 2 aromatic rings. The maximum Gasteiger partial charge on any atom is 0.408 e. The normalized spacial score (nSPS) is 15.7. The third kappa shape index (κ3) is 4.03. The van der Waals surface area contributed by atoms with E-state index in [2.05, 4.69) is 23.4 Å². The zero-order valence-corrected chi connectivity index (χ0v) is 17.2. The van der Waals surface area contributed by atoms with E-state index in [0.29, 0.717) is 35.1 Å². The zero-order chi connectivity index (χ0) is 20.4. The van der Waals surface area contributed by atoms with Crippen LogP contribution >= 0.6 is 22.9 Å². The molecule has 2 heterocycles. The van der Waals surface area contributed by atoms with Crippen molar-refractivity contribution in [2.45, 2.75) is 52.5 Å². The number of nitrogens with one attached hydrogen (secondary N) is 1. The molecular formula is C18H20ClN5O3S. The number of carbonyl (C=O) groups is 1. The first-order chi connectivity index (χ1) is 13.3. The van der Waals surface area contributed by atoms with E-state index in [-0.39, 0.29) is 23.2 Å². The van der Waals surface area contributed by atoms with Gasteiger partial charge >= 0.3 is 5.82 Å². The van der Waals surface area contributed by atoms with Gasteiger partial charge < -0.3 is 15.4 Å². The number of aromatic nitrogens is 2. The molecule has 0 fully saturated rings. The number of hydrogen-bond acceptors (Lipinski definition) is 6. The minimum absolute atomic E-state index is 0.0199. The first-order valence-corrected chi connectivity index (χ1v) is 10.2. The highest BCUT2D eigenvalue weighted by atomic mass is 35.5. The Balaban J connectivity index is 1.61. The van der Waals surface area contributed by atoms with Crippen molar-refractivity contribution in [3.8, 4) is 6.07 Å². The van der Waals surface area contributed by atoms with Crippen LogP contribution in [0.5, 0.6) is 0 Å². The van der Waals surface area contributed by atoms with Crippen molar-refractivity contribution in [3.63, 3.8) is 0 Å². The number of nitriles is 1. The van der Waals surface area contributed by atoms with Gasteiger partial charge in [0.25, 0.3) is 0 Å². The Bertz CT molecular complexity index is 975. The van der Waals surface area contributed by atoms with Crippen LogP contribution in [0.3, 0.4) is 0 Å². The van der Waals surface area contributed by atoms with E-state index in [9.17, 15) is 20.2 Å². The average Bonchev–Trinajstić information content (AvgIpc) is 3.12. The van der Waals surface area contributed by atoms with Crippen molar-refractivity contribution in [3.05, 3.63) is 36.8 Å². The number of thiophene rings is 1. The molecule has 0 aromatic carbocycles. The van der Waals surface area contributed by atoms with Crippen LogP contribution in [0.4, 0.5) is 10.8 Å². The van der Waals surface area contributed by atoms with Crippen LogP contribution in [-0.2, 0) is 24.2 Å². The van der Waals surface area contributed by atoms with Gasteiger partial charge in [-0.05, 0) is 49.0 Å². The van der Waals surface area contributed by atoms with Gasteiger partial charge in [0.15, 0.2) is 5.02 Å². The summed E-state index contributed by atoms with van der Waals surface area (Å²) >= 11 is 7.41. The summed E-state index contributed by atoms with van der Waals surface area (Å²) < 4.78 is 1.44. The van der Waals surface area contributed by atoms with E-state index in [1.807, 2.05) is 0 Å². The molecule has 1 atom stereocenters. The predicted molar refractivity (Wildman–Crippen MR) is 107 cm³/mol. The highest BCUT2D eigenvalue weighted by Gasteiger charge is 2.25. The van der Waals surface area contributed by atoms with Crippen LogP contribution in [0.1, 0.15) is 47.9 Å². The zero-order valence-electron chi connectivity index (χ0n) is 15.6. The lowest BCUT2D eigenvalue weighted by Crippen LogP contribution is -2.13. The smallest absolute Gasteiger partial charge is 0.358 e. The predicted octanol–water partition coefficient (Wildman–Crippen LogP) is 4.23. The largest absolute Gasteiger partial charge is 0.408 e. The molecule has 8 nitrogen and oxygen atoms in total. The molecule has 1 aliphatic carbocycles. The van der Waals surface area contributed by atoms with E-state index in [1.54, 1.807) is 6.92 Å². The molecule has 0 saturated heterocycles. The summed E-state index contributed by atoms with van der Waals surface area (Å²) in [6.07, 6.45) is 3.55. The van der Waals surface area contributed by atoms with Gasteiger partial charge in [0.2, 0.25) is 5.91 Å². The Morgan fingerprint density at radius 2 is 2.32 bits per heavy atom. The molecule has 0 saturated carbocycles. The maximum absolute atomic E-state index is 12.3. The molecule has 2 aromatic heterocycles. The third-order valence-electron chi connectivity index (χ3n) is 4.94. The molecule has 1 amide bonds.